The van der Waals surface area contributed by atoms with Crippen molar-refractivity contribution < 1.29 is 19.4 Å². The Morgan fingerprint density at radius 2 is 1.30 bits per heavy atom. The van der Waals surface area contributed by atoms with E-state index in [1.165, 1.54) is 10.5 Å². The first kappa shape index (κ1) is 21.8. The minimum absolute atomic E-state index is 0.138. The van der Waals surface area contributed by atoms with Crippen LogP contribution in [0.15, 0.2) is 77.7 Å². The van der Waals surface area contributed by atoms with E-state index >= 15 is 0 Å². The molecule has 0 aliphatic rings. The van der Waals surface area contributed by atoms with Gasteiger partial charge in [-0.15, -0.1) is 11.8 Å². The van der Waals surface area contributed by atoms with Crippen molar-refractivity contribution in [2.24, 2.45) is 0 Å². The van der Waals surface area contributed by atoms with E-state index in [1.807, 2.05) is 48.5 Å². The molecule has 1 N–H and O–H groups in total. The number of aryl methyl sites for hydroxylation is 1. The average molecular weight is 423 g/mol. The number of thioether (sulfide) groups is 1. The molecule has 0 bridgehead atoms. The van der Waals surface area contributed by atoms with Gasteiger partial charge in [0.05, 0.1) is 6.61 Å². The molecule has 0 aromatic heterocycles. The van der Waals surface area contributed by atoms with Crippen LogP contribution in [0.2, 0.25) is 0 Å². The van der Waals surface area contributed by atoms with Crippen LogP contribution in [-0.4, -0.2) is 23.9 Å². The van der Waals surface area contributed by atoms with Gasteiger partial charge < -0.3 is 14.6 Å². The first-order chi connectivity index (χ1) is 14.6. The van der Waals surface area contributed by atoms with E-state index < -0.39 is 5.97 Å². The lowest BCUT2D eigenvalue weighted by molar-refractivity contribution is -0.136. The molecule has 0 aliphatic carbocycles. The summed E-state index contributed by atoms with van der Waals surface area (Å²) in [6, 6.07) is 24.1. The van der Waals surface area contributed by atoms with Crippen molar-refractivity contribution in [3.05, 3.63) is 89.5 Å². The fourth-order valence-corrected chi connectivity index (χ4v) is 3.34. The summed E-state index contributed by atoms with van der Waals surface area (Å²) in [6.07, 6.45) is 3.62. The Balaban J connectivity index is 1.41. The lowest BCUT2D eigenvalue weighted by Gasteiger charge is -2.09. The van der Waals surface area contributed by atoms with Gasteiger partial charge >= 0.3 is 5.97 Å². The molecule has 0 radical (unpaired) electrons. The van der Waals surface area contributed by atoms with Crippen molar-refractivity contribution >= 4 is 17.7 Å². The summed E-state index contributed by atoms with van der Waals surface area (Å²) >= 11 is 1.74. The van der Waals surface area contributed by atoms with E-state index in [0.29, 0.717) is 19.6 Å². The molecule has 0 heterocycles. The van der Waals surface area contributed by atoms with E-state index in [9.17, 15) is 4.79 Å². The van der Waals surface area contributed by atoms with Crippen LogP contribution in [0.4, 0.5) is 0 Å². The maximum Gasteiger partial charge on any atom is 0.303 e. The quantitative estimate of drug-likeness (QED) is 0.406. The van der Waals surface area contributed by atoms with Crippen molar-refractivity contribution in [2.75, 3.05) is 12.9 Å². The summed E-state index contributed by atoms with van der Waals surface area (Å²) in [6.45, 7) is 1.11. The molecule has 0 fully saturated rings. The standard InChI is InChI=1S/C25H26O4S/c1-30-24-13-6-20(7-14-24)16-17-28-22-11-4-21(5-12-22)18-29-23-9-2-19(3-10-23)8-15-25(26)27/h2-7,9-14H,8,15-18H2,1H3,(H,26,27). The van der Waals surface area contributed by atoms with Gasteiger partial charge in [0, 0.05) is 17.7 Å². The van der Waals surface area contributed by atoms with Crippen LogP contribution < -0.4 is 9.47 Å². The highest BCUT2D eigenvalue weighted by atomic mass is 32.2. The third-order valence-electron chi connectivity index (χ3n) is 4.70. The van der Waals surface area contributed by atoms with Crippen LogP contribution in [0.1, 0.15) is 23.1 Å². The number of hydrogen-bond acceptors (Lipinski definition) is 4. The molecular formula is C25H26O4S. The number of aliphatic carboxylic acids is 1. The Labute approximate surface area is 181 Å². The monoisotopic (exact) mass is 422 g/mol. The van der Waals surface area contributed by atoms with Crippen LogP contribution >= 0.6 is 11.8 Å². The summed E-state index contributed by atoms with van der Waals surface area (Å²) in [5.74, 6) is 0.830. The number of benzene rings is 3. The zero-order valence-electron chi connectivity index (χ0n) is 17.0. The van der Waals surface area contributed by atoms with Gasteiger partial charge in [-0.05, 0) is 65.8 Å². The largest absolute Gasteiger partial charge is 0.493 e. The fourth-order valence-electron chi connectivity index (χ4n) is 2.93. The number of hydrogen-bond donors (Lipinski definition) is 1. The molecule has 30 heavy (non-hydrogen) atoms. The SMILES string of the molecule is CSc1ccc(CCOc2ccc(COc3ccc(CCC(=O)O)cc3)cc2)cc1. The van der Waals surface area contributed by atoms with Crippen molar-refractivity contribution in [1.82, 2.24) is 0 Å². The first-order valence-corrected chi connectivity index (χ1v) is 11.1. The van der Waals surface area contributed by atoms with E-state index in [1.54, 1.807) is 11.8 Å². The van der Waals surface area contributed by atoms with Crippen molar-refractivity contribution in [2.45, 2.75) is 30.8 Å². The minimum Gasteiger partial charge on any atom is -0.493 e. The summed E-state index contributed by atoms with van der Waals surface area (Å²) in [5, 5.41) is 8.74. The van der Waals surface area contributed by atoms with Gasteiger partial charge in [0.1, 0.15) is 18.1 Å². The second-order valence-corrected chi connectivity index (χ2v) is 7.80. The summed E-state index contributed by atoms with van der Waals surface area (Å²) in [5.41, 5.74) is 3.32. The molecule has 0 spiro atoms. The average Bonchev–Trinajstić information content (AvgIpc) is 2.78. The molecule has 3 aromatic rings. The van der Waals surface area contributed by atoms with Gasteiger partial charge in [-0.25, -0.2) is 0 Å². The predicted octanol–water partition coefficient (Wildman–Crippen LogP) is 5.63. The number of rotatable bonds is 11. The van der Waals surface area contributed by atoms with Crippen LogP contribution in [0.25, 0.3) is 0 Å². The summed E-state index contributed by atoms with van der Waals surface area (Å²) in [4.78, 5) is 11.9. The Morgan fingerprint density at radius 3 is 1.90 bits per heavy atom. The van der Waals surface area contributed by atoms with Crippen LogP contribution in [-0.2, 0) is 24.2 Å². The third-order valence-corrected chi connectivity index (χ3v) is 5.44. The van der Waals surface area contributed by atoms with Crippen LogP contribution in [0.3, 0.4) is 0 Å². The summed E-state index contributed by atoms with van der Waals surface area (Å²) in [7, 11) is 0. The molecule has 5 heteroatoms. The number of carboxylic acids is 1. The fraction of sp³-hybridized carbons (Fsp3) is 0.240. The van der Waals surface area contributed by atoms with Crippen LogP contribution in [0, 0.1) is 0 Å². The van der Waals surface area contributed by atoms with Gasteiger partial charge in [-0.1, -0.05) is 36.4 Å². The maximum absolute atomic E-state index is 10.6. The molecule has 0 saturated heterocycles. The Hall–Kier alpha value is -2.92. The van der Waals surface area contributed by atoms with E-state index in [0.717, 1.165) is 29.0 Å². The normalized spacial score (nSPS) is 10.6. The van der Waals surface area contributed by atoms with E-state index in [4.69, 9.17) is 14.6 Å². The number of carbonyl (C=O) groups is 1. The third kappa shape index (κ3) is 7.16. The molecule has 0 saturated carbocycles. The van der Waals surface area contributed by atoms with Crippen molar-refractivity contribution in [1.29, 1.82) is 0 Å². The molecule has 0 atom stereocenters. The van der Waals surface area contributed by atoms with Crippen molar-refractivity contribution in [3.63, 3.8) is 0 Å². The maximum atomic E-state index is 10.6. The zero-order valence-corrected chi connectivity index (χ0v) is 17.9. The van der Waals surface area contributed by atoms with Gasteiger partial charge in [0.2, 0.25) is 0 Å². The molecular weight excluding hydrogens is 396 g/mol. The van der Waals surface area contributed by atoms with E-state index in [-0.39, 0.29) is 6.42 Å². The number of ether oxygens (including phenoxy) is 2. The second kappa shape index (κ2) is 11.3. The lowest BCUT2D eigenvalue weighted by Crippen LogP contribution is -2.02. The van der Waals surface area contributed by atoms with Gasteiger partial charge in [0.15, 0.2) is 0 Å². The molecule has 4 nitrogen and oxygen atoms in total. The molecule has 0 aliphatic heterocycles. The smallest absolute Gasteiger partial charge is 0.303 e. The zero-order chi connectivity index (χ0) is 21.2. The van der Waals surface area contributed by atoms with Crippen molar-refractivity contribution in [3.8, 4) is 11.5 Å². The highest BCUT2D eigenvalue weighted by Gasteiger charge is 2.02. The highest BCUT2D eigenvalue weighted by molar-refractivity contribution is 7.98. The molecule has 0 amide bonds. The molecule has 3 aromatic carbocycles. The van der Waals surface area contributed by atoms with E-state index in [2.05, 4.69) is 30.5 Å². The van der Waals surface area contributed by atoms with Crippen LogP contribution in [0.5, 0.6) is 11.5 Å². The van der Waals surface area contributed by atoms with Gasteiger partial charge in [0.25, 0.3) is 0 Å². The summed E-state index contributed by atoms with van der Waals surface area (Å²) < 4.78 is 11.7. The minimum atomic E-state index is -0.785. The molecule has 3 rings (SSSR count). The topological polar surface area (TPSA) is 55.8 Å². The molecule has 0 unspecified atom stereocenters. The Kier molecular flexibility index (Phi) is 8.21. The highest BCUT2D eigenvalue weighted by Crippen LogP contribution is 2.18. The molecule has 156 valence electrons. The second-order valence-electron chi connectivity index (χ2n) is 6.92. The Morgan fingerprint density at radius 1 is 0.767 bits per heavy atom. The lowest BCUT2D eigenvalue weighted by atomic mass is 10.1. The van der Waals surface area contributed by atoms with Gasteiger partial charge in [-0.2, -0.15) is 0 Å². The Bertz CT molecular complexity index is 919. The first-order valence-electron chi connectivity index (χ1n) is 9.90. The van der Waals surface area contributed by atoms with Gasteiger partial charge in [-0.3, -0.25) is 4.79 Å². The number of carboxylic acid groups (broad SMARTS) is 1. The predicted molar refractivity (Wildman–Crippen MR) is 121 cm³/mol.